The molecular formula is C15H20N4. The monoisotopic (exact) mass is 256 g/mol. The van der Waals surface area contributed by atoms with Gasteiger partial charge in [-0.25, -0.2) is 4.98 Å². The van der Waals surface area contributed by atoms with Crippen molar-refractivity contribution in [1.82, 2.24) is 10.3 Å². The van der Waals surface area contributed by atoms with E-state index in [-0.39, 0.29) is 0 Å². The van der Waals surface area contributed by atoms with Gasteiger partial charge in [-0.15, -0.1) is 0 Å². The predicted molar refractivity (Wildman–Crippen MR) is 74.9 cm³/mol. The van der Waals surface area contributed by atoms with Crippen molar-refractivity contribution in [3.8, 4) is 6.07 Å². The summed E-state index contributed by atoms with van der Waals surface area (Å²) < 4.78 is 0. The zero-order chi connectivity index (χ0) is 13.1. The first-order valence-electron chi connectivity index (χ1n) is 7.13. The predicted octanol–water partition coefficient (Wildman–Crippen LogP) is 1.92. The van der Waals surface area contributed by atoms with Crippen molar-refractivity contribution in [2.24, 2.45) is 5.41 Å². The Kier molecular flexibility index (Phi) is 3.39. The van der Waals surface area contributed by atoms with Crippen molar-refractivity contribution in [2.75, 3.05) is 31.1 Å². The average molecular weight is 256 g/mol. The van der Waals surface area contributed by atoms with E-state index in [1.165, 1.54) is 32.2 Å². The number of nitrogens with one attached hydrogen (secondary N) is 1. The molecule has 19 heavy (non-hydrogen) atoms. The lowest BCUT2D eigenvalue weighted by Gasteiger charge is -2.46. The Balaban J connectivity index is 1.75. The summed E-state index contributed by atoms with van der Waals surface area (Å²) in [6, 6.07) is 5.92. The fraction of sp³-hybridized carbons (Fsp3) is 0.600. The van der Waals surface area contributed by atoms with Crippen molar-refractivity contribution in [1.29, 1.82) is 5.26 Å². The van der Waals surface area contributed by atoms with E-state index in [9.17, 15) is 0 Å². The molecule has 1 N–H and O–H groups in total. The zero-order valence-corrected chi connectivity index (χ0v) is 11.2. The van der Waals surface area contributed by atoms with E-state index in [4.69, 9.17) is 5.26 Å². The number of anilines is 1. The van der Waals surface area contributed by atoms with Crippen molar-refractivity contribution >= 4 is 5.69 Å². The third-order valence-electron chi connectivity index (χ3n) is 4.45. The largest absolute Gasteiger partial charge is 0.370 e. The molecule has 0 radical (unpaired) electrons. The van der Waals surface area contributed by atoms with Gasteiger partial charge in [0.25, 0.3) is 0 Å². The molecule has 3 heterocycles. The van der Waals surface area contributed by atoms with Crippen LogP contribution in [0, 0.1) is 16.7 Å². The summed E-state index contributed by atoms with van der Waals surface area (Å²) >= 11 is 0. The van der Waals surface area contributed by atoms with Crippen LogP contribution in [0.25, 0.3) is 0 Å². The highest BCUT2D eigenvalue weighted by atomic mass is 15.2. The first kappa shape index (κ1) is 12.4. The van der Waals surface area contributed by atoms with E-state index < -0.39 is 0 Å². The average Bonchev–Trinajstić information content (AvgIpc) is 2.48. The number of aromatic nitrogens is 1. The van der Waals surface area contributed by atoms with Gasteiger partial charge in [-0.05, 0) is 44.4 Å². The van der Waals surface area contributed by atoms with Gasteiger partial charge >= 0.3 is 0 Å². The van der Waals surface area contributed by atoms with Crippen LogP contribution in [0.5, 0.6) is 0 Å². The van der Waals surface area contributed by atoms with Gasteiger partial charge in [0.1, 0.15) is 11.8 Å². The van der Waals surface area contributed by atoms with Crippen molar-refractivity contribution in [3.63, 3.8) is 0 Å². The number of hydrogen-bond acceptors (Lipinski definition) is 4. The quantitative estimate of drug-likeness (QED) is 0.834. The minimum atomic E-state index is 0.449. The molecule has 3 rings (SSSR count). The summed E-state index contributed by atoms with van der Waals surface area (Å²) in [5.41, 5.74) is 2.10. The fourth-order valence-corrected chi connectivity index (χ4v) is 3.45. The Morgan fingerprint density at radius 1 is 1.32 bits per heavy atom. The molecule has 0 aromatic carbocycles. The molecule has 2 fully saturated rings. The molecule has 2 saturated heterocycles. The van der Waals surface area contributed by atoms with Crippen LogP contribution >= 0.6 is 0 Å². The molecule has 0 amide bonds. The van der Waals surface area contributed by atoms with Gasteiger partial charge in [0.15, 0.2) is 0 Å². The third kappa shape index (κ3) is 2.57. The summed E-state index contributed by atoms with van der Waals surface area (Å²) in [6.07, 6.45) is 7.05. The van der Waals surface area contributed by atoms with E-state index in [0.717, 1.165) is 25.3 Å². The third-order valence-corrected chi connectivity index (χ3v) is 4.45. The maximum Gasteiger partial charge on any atom is 0.140 e. The van der Waals surface area contributed by atoms with Crippen molar-refractivity contribution in [3.05, 3.63) is 24.0 Å². The van der Waals surface area contributed by atoms with Crippen LogP contribution in [0.1, 0.15) is 31.4 Å². The summed E-state index contributed by atoms with van der Waals surface area (Å²) in [6.45, 7) is 4.54. The summed E-state index contributed by atoms with van der Waals surface area (Å²) in [5, 5.41) is 12.4. The SMILES string of the molecule is N#Cc1ccc(N2CCCC3(CCCNC3)C2)cn1. The minimum Gasteiger partial charge on any atom is -0.370 e. The first-order valence-corrected chi connectivity index (χ1v) is 7.13. The number of rotatable bonds is 1. The Hall–Kier alpha value is -1.60. The van der Waals surface area contributed by atoms with Gasteiger partial charge in [-0.1, -0.05) is 0 Å². The van der Waals surface area contributed by atoms with Gasteiger partial charge in [-0.3, -0.25) is 0 Å². The zero-order valence-electron chi connectivity index (χ0n) is 11.2. The molecule has 100 valence electrons. The molecule has 1 unspecified atom stereocenters. The highest BCUT2D eigenvalue weighted by Crippen LogP contribution is 2.37. The molecule has 4 heteroatoms. The fourth-order valence-electron chi connectivity index (χ4n) is 3.45. The molecule has 0 bridgehead atoms. The van der Waals surface area contributed by atoms with Gasteiger partial charge in [-0.2, -0.15) is 5.26 Å². The second-order valence-electron chi connectivity index (χ2n) is 5.82. The number of hydrogen-bond donors (Lipinski definition) is 1. The number of piperidine rings is 2. The van der Waals surface area contributed by atoms with Gasteiger partial charge < -0.3 is 10.2 Å². The van der Waals surface area contributed by atoms with Crippen LogP contribution in [-0.2, 0) is 0 Å². The Bertz CT molecular complexity index is 462. The Labute approximate surface area is 114 Å². The smallest absolute Gasteiger partial charge is 0.140 e. The molecular weight excluding hydrogens is 236 g/mol. The molecule has 2 aliphatic rings. The summed E-state index contributed by atoms with van der Waals surface area (Å²) in [5.74, 6) is 0. The Morgan fingerprint density at radius 3 is 2.89 bits per heavy atom. The van der Waals surface area contributed by atoms with Crippen LogP contribution in [0.3, 0.4) is 0 Å². The van der Waals surface area contributed by atoms with E-state index >= 15 is 0 Å². The van der Waals surface area contributed by atoms with E-state index in [2.05, 4.69) is 21.3 Å². The maximum atomic E-state index is 8.80. The lowest BCUT2D eigenvalue weighted by atomic mass is 9.74. The lowest BCUT2D eigenvalue weighted by Crippen LogP contribution is -2.51. The number of pyridine rings is 1. The van der Waals surface area contributed by atoms with Gasteiger partial charge in [0.05, 0.1) is 11.9 Å². The van der Waals surface area contributed by atoms with Crippen molar-refractivity contribution < 1.29 is 0 Å². The van der Waals surface area contributed by atoms with E-state index in [1.54, 1.807) is 0 Å². The molecule has 0 aliphatic carbocycles. The minimum absolute atomic E-state index is 0.449. The van der Waals surface area contributed by atoms with Crippen LogP contribution in [0.2, 0.25) is 0 Å². The molecule has 0 saturated carbocycles. The van der Waals surface area contributed by atoms with E-state index in [0.29, 0.717) is 11.1 Å². The number of nitrogens with zero attached hydrogens (tertiary/aromatic N) is 3. The maximum absolute atomic E-state index is 8.80. The molecule has 2 aliphatic heterocycles. The van der Waals surface area contributed by atoms with E-state index in [1.807, 2.05) is 18.3 Å². The van der Waals surface area contributed by atoms with Crippen LogP contribution in [-0.4, -0.2) is 31.2 Å². The topological polar surface area (TPSA) is 52.0 Å². The Morgan fingerprint density at radius 2 is 2.21 bits per heavy atom. The normalized spacial score (nSPS) is 27.2. The van der Waals surface area contributed by atoms with Crippen LogP contribution in [0.15, 0.2) is 18.3 Å². The molecule has 1 spiro atoms. The van der Waals surface area contributed by atoms with Crippen LogP contribution < -0.4 is 10.2 Å². The van der Waals surface area contributed by atoms with Crippen molar-refractivity contribution in [2.45, 2.75) is 25.7 Å². The highest BCUT2D eigenvalue weighted by molar-refractivity contribution is 5.46. The standard InChI is InChI=1S/C15H20N4/c16-9-13-3-4-14(10-18-13)19-8-2-6-15(12-19)5-1-7-17-11-15/h3-4,10,17H,1-2,5-8,11-12H2. The van der Waals surface area contributed by atoms with Gasteiger partial charge in [0.2, 0.25) is 0 Å². The second kappa shape index (κ2) is 5.18. The van der Waals surface area contributed by atoms with Gasteiger partial charge in [0, 0.05) is 25.0 Å². The lowest BCUT2D eigenvalue weighted by molar-refractivity contribution is 0.173. The molecule has 1 aromatic rings. The molecule has 1 aromatic heterocycles. The molecule has 4 nitrogen and oxygen atoms in total. The first-order chi connectivity index (χ1) is 9.31. The van der Waals surface area contributed by atoms with Crippen LogP contribution in [0.4, 0.5) is 5.69 Å². The molecule has 1 atom stereocenters. The highest BCUT2D eigenvalue weighted by Gasteiger charge is 2.36. The second-order valence-corrected chi connectivity index (χ2v) is 5.82. The summed E-state index contributed by atoms with van der Waals surface area (Å²) in [7, 11) is 0. The number of nitriles is 1. The summed E-state index contributed by atoms with van der Waals surface area (Å²) in [4.78, 5) is 6.62.